The lowest BCUT2D eigenvalue weighted by Gasteiger charge is -2.15. The summed E-state index contributed by atoms with van der Waals surface area (Å²) in [6.07, 6.45) is 0. The van der Waals surface area contributed by atoms with Crippen LogP contribution in [0.25, 0.3) is 0 Å². The summed E-state index contributed by atoms with van der Waals surface area (Å²) >= 11 is 0. The van der Waals surface area contributed by atoms with Crippen molar-refractivity contribution in [3.8, 4) is 22.9 Å². The monoisotopic (exact) mass is 394 g/mol. The maximum Gasteiger partial charge on any atom is 0.163 e. The van der Waals surface area contributed by atoms with Crippen molar-refractivity contribution in [2.24, 2.45) is 0 Å². The van der Waals surface area contributed by atoms with E-state index >= 15 is 0 Å². The van der Waals surface area contributed by atoms with Crippen molar-refractivity contribution in [3.05, 3.63) is 96.1 Å². The van der Waals surface area contributed by atoms with E-state index in [0.717, 1.165) is 11.1 Å². The summed E-state index contributed by atoms with van der Waals surface area (Å²) in [6.45, 7) is 9.19. The van der Waals surface area contributed by atoms with Crippen LogP contribution >= 0.6 is 0 Å². The lowest BCUT2D eigenvalue weighted by Crippen LogP contribution is -2.39. The minimum Gasteiger partial charge on any atom is -0.121 e. The van der Waals surface area contributed by atoms with Crippen molar-refractivity contribution in [2.45, 2.75) is 26.2 Å². The molecule has 0 unspecified atom stereocenters. The number of hydrogen-bond acceptors (Lipinski definition) is 0. The Hall–Kier alpha value is -2.79. The molecular weight excluding hydrogens is 368 g/mol. The molecule has 0 aliphatic rings. The molecule has 0 amide bonds. The maximum atomic E-state index is 3.57. The fraction of sp³-hybridized carbons (Fsp3) is 0.154. The van der Waals surface area contributed by atoms with Gasteiger partial charge in [-0.05, 0) is 28.6 Å². The van der Waals surface area contributed by atoms with Crippen LogP contribution in [0.3, 0.4) is 0 Å². The Balaban J connectivity index is 1.83. The highest BCUT2D eigenvalue weighted by Crippen LogP contribution is 2.07. The predicted molar refractivity (Wildman–Crippen MR) is 127 cm³/mol. The molecule has 3 rings (SSSR count). The normalized spacial score (nSPS) is 11.0. The second kappa shape index (κ2) is 8.49. The predicted octanol–water partition coefficient (Wildman–Crippen LogP) is 4.70. The van der Waals surface area contributed by atoms with Gasteiger partial charge in [0.1, 0.15) is 0 Å². The van der Waals surface area contributed by atoms with Gasteiger partial charge >= 0.3 is 0 Å². The van der Waals surface area contributed by atoms with Crippen LogP contribution in [0.2, 0.25) is 26.2 Å². The lowest BCUT2D eigenvalue weighted by atomic mass is 10.1. The van der Waals surface area contributed by atoms with Crippen molar-refractivity contribution < 1.29 is 0 Å². The Kier molecular flexibility index (Phi) is 6.05. The first-order valence-electron chi connectivity index (χ1n) is 9.64. The van der Waals surface area contributed by atoms with Crippen LogP contribution in [0.4, 0.5) is 0 Å². The molecule has 138 valence electrons. The molecule has 3 aromatic rings. The minimum atomic E-state index is -1.76. The largest absolute Gasteiger partial charge is 0.163 e. The van der Waals surface area contributed by atoms with Crippen molar-refractivity contribution in [1.82, 2.24) is 0 Å². The average molecular weight is 395 g/mol. The van der Waals surface area contributed by atoms with Crippen molar-refractivity contribution in [1.29, 1.82) is 0 Å². The summed E-state index contributed by atoms with van der Waals surface area (Å²) in [5.74, 6) is 6.82. The van der Waals surface area contributed by atoms with Gasteiger partial charge in [-0.3, -0.25) is 0 Å². The van der Waals surface area contributed by atoms with Gasteiger partial charge < -0.3 is 0 Å². The van der Waals surface area contributed by atoms with E-state index in [4.69, 9.17) is 0 Å². The Bertz CT molecular complexity index is 972. The molecule has 0 atom stereocenters. The molecule has 0 heterocycles. The molecule has 0 nitrogen and oxygen atoms in total. The summed E-state index contributed by atoms with van der Waals surface area (Å²) in [5.41, 5.74) is 9.22. The Morgan fingerprint density at radius 2 is 0.893 bits per heavy atom. The summed E-state index contributed by atoms with van der Waals surface area (Å²) in [7, 11) is -3.52. The van der Waals surface area contributed by atoms with Gasteiger partial charge in [0.05, 0.1) is 0 Å². The Morgan fingerprint density at radius 3 is 1.29 bits per heavy atom. The molecule has 0 saturated heterocycles. The van der Waals surface area contributed by atoms with Gasteiger partial charge in [-0.15, -0.1) is 11.1 Å². The van der Waals surface area contributed by atoms with Crippen molar-refractivity contribution in [2.75, 3.05) is 0 Å². The molecule has 0 radical (unpaired) electrons. The lowest BCUT2D eigenvalue weighted by molar-refractivity contribution is 1.60. The quantitative estimate of drug-likeness (QED) is 0.437. The second-order valence-electron chi connectivity index (χ2n) is 8.06. The molecule has 0 saturated carbocycles. The van der Waals surface area contributed by atoms with Gasteiger partial charge in [-0.2, -0.15) is 0 Å². The van der Waals surface area contributed by atoms with E-state index in [9.17, 15) is 0 Å². The van der Waals surface area contributed by atoms with Gasteiger partial charge in [0.25, 0.3) is 0 Å². The number of hydrogen-bond donors (Lipinski definition) is 0. The second-order valence-corrected chi connectivity index (χ2v) is 16.2. The maximum absolute atomic E-state index is 3.57. The van der Waals surface area contributed by atoms with E-state index in [-0.39, 0.29) is 0 Å². The fourth-order valence-corrected chi connectivity index (χ4v) is 6.24. The van der Waals surface area contributed by atoms with Crippen LogP contribution in [0.5, 0.6) is 0 Å². The third kappa shape index (κ3) is 5.14. The zero-order valence-electron chi connectivity index (χ0n) is 17.1. The number of benzene rings is 3. The van der Waals surface area contributed by atoms with E-state index in [1.54, 1.807) is 0 Å². The van der Waals surface area contributed by atoms with Crippen LogP contribution in [-0.2, 0) is 0 Å². The minimum absolute atomic E-state index is 1.04. The summed E-state index contributed by atoms with van der Waals surface area (Å²) in [5, 5.41) is 2.74. The van der Waals surface area contributed by atoms with E-state index in [2.05, 4.69) is 134 Å². The molecule has 0 aliphatic heterocycles. The van der Waals surface area contributed by atoms with Gasteiger partial charge in [0.2, 0.25) is 0 Å². The van der Waals surface area contributed by atoms with Crippen molar-refractivity contribution >= 4 is 26.5 Å². The molecule has 0 bridgehead atoms. The van der Waals surface area contributed by atoms with E-state index in [1.807, 2.05) is 0 Å². The molecule has 0 aromatic heterocycles. The number of rotatable bonds is 2. The third-order valence-corrected chi connectivity index (χ3v) is 9.95. The average Bonchev–Trinajstić information content (AvgIpc) is 2.73. The molecule has 0 aliphatic carbocycles. The summed E-state index contributed by atoms with van der Waals surface area (Å²) in [6, 6.07) is 29.6. The van der Waals surface area contributed by atoms with E-state index in [1.165, 1.54) is 10.4 Å². The first-order valence-corrected chi connectivity index (χ1v) is 15.6. The van der Waals surface area contributed by atoms with Gasteiger partial charge in [0.15, 0.2) is 16.1 Å². The zero-order chi connectivity index (χ0) is 20.0. The van der Waals surface area contributed by atoms with Crippen LogP contribution in [0, 0.1) is 22.9 Å². The Morgan fingerprint density at radius 1 is 0.500 bits per heavy atom. The van der Waals surface area contributed by atoms with Crippen LogP contribution in [0.15, 0.2) is 84.9 Å². The fourth-order valence-electron chi connectivity index (χ4n) is 2.99. The Labute approximate surface area is 171 Å². The summed E-state index contributed by atoms with van der Waals surface area (Å²) < 4.78 is 0. The highest BCUT2D eigenvalue weighted by Gasteiger charge is 2.21. The zero-order valence-corrected chi connectivity index (χ0v) is 19.1. The van der Waals surface area contributed by atoms with E-state index in [0.29, 0.717) is 0 Å². The van der Waals surface area contributed by atoms with Crippen LogP contribution in [-0.4, -0.2) is 16.1 Å². The van der Waals surface area contributed by atoms with E-state index < -0.39 is 16.1 Å². The molecular formula is C26H26Si2. The van der Waals surface area contributed by atoms with Crippen LogP contribution in [0.1, 0.15) is 11.1 Å². The van der Waals surface area contributed by atoms with Gasteiger partial charge in [-0.25, -0.2) is 0 Å². The molecule has 2 heteroatoms. The highest BCUT2D eigenvalue weighted by atomic mass is 28.3. The molecule has 28 heavy (non-hydrogen) atoms. The molecule has 0 fully saturated rings. The molecule has 0 N–H and O–H groups in total. The molecule has 0 spiro atoms. The first-order chi connectivity index (χ1) is 13.4. The van der Waals surface area contributed by atoms with Gasteiger partial charge in [0, 0.05) is 11.1 Å². The smallest absolute Gasteiger partial charge is 0.121 e. The van der Waals surface area contributed by atoms with Crippen LogP contribution < -0.4 is 10.4 Å². The molecule has 3 aromatic carbocycles. The first kappa shape index (κ1) is 20.0. The SMILES string of the molecule is C[Si](C)(C#Cc1cccc(C#C[Si](C)(C)c2ccccc2)c1)c1ccccc1. The highest BCUT2D eigenvalue weighted by molar-refractivity contribution is 6.96. The standard InChI is InChI=1S/C26H26Si2/c1-27(2,25-14-7-5-8-15-25)20-18-23-12-11-13-24(22-23)19-21-28(3,4)26-16-9-6-10-17-26/h5-17,22H,1-4H3. The third-order valence-electron chi connectivity index (χ3n) is 4.89. The van der Waals surface area contributed by atoms with Gasteiger partial charge in [-0.1, -0.05) is 105 Å². The topological polar surface area (TPSA) is 0 Å². The van der Waals surface area contributed by atoms with Crippen molar-refractivity contribution in [3.63, 3.8) is 0 Å². The summed E-state index contributed by atoms with van der Waals surface area (Å²) in [4.78, 5) is 0.